The Hall–Kier alpha value is -5.35. The van der Waals surface area contributed by atoms with E-state index in [0.29, 0.717) is 55.3 Å². The number of nitrogens with one attached hydrogen (secondary N) is 3. The van der Waals surface area contributed by atoms with Gasteiger partial charge in [0.25, 0.3) is 5.91 Å². The van der Waals surface area contributed by atoms with E-state index in [-0.39, 0.29) is 59.9 Å². The van der Waals surface area contributed by atoms with E-state index in [1.54, 1.807) is 55.1 Å². The van der Waals surface area contributed by atoms with Crippen LogP contribution in [0.2, 0.25) is 0 Å². The van der Waals surface area contributed by atoms with Gasteiger partial charge in [0.15, 0.2) is 10.8 Å². The Labute approximate surface area is 351 Å². The van der Waals surface area contributed by atoms with Gasteiger partial charge in [-0.05, 0) is 93.9 Å². The van der Waals surface area contributed by atoms with Crippen LogP contribution in [0.25, 0.3) is 0 Å². The average Bonchev–Trinajstić information content (AvgIpc) is 3.35. The molecule has 1 aromatic heterocycles. The third-order valence-corrected chi connectivity index (χ3v) is 10.8. The van der Waals surface area contributed by atoms with E-state index < -0.39 is 34.9 Å². The lowest BCUT2D eigenvalue weighted by molar-refractivity contribution is -0.138. The third-order valence-electron chi connectivity index (χ3n) is 10.5. The Kier molecular flexibility index (Phi) is 13.9. The molecule has 2 aromatic carbocycles. The molecule has 4 amide bonds. The minimum Gasteiger partial charge on any atom is -0.492 e. The van der Waals surface area contributed by atoms with Gasteiger partial charge in [-0.2, -0.15) is 18.4 Å². The summed E-state index contributed by atoms with van der Waals surface area (Å²) in [4.78, 5) is 61.0. The van der Waals surface area contributed by atoms with Crippen LogP contribution < -0.4 is 30.5 Å². The summed E-state index contributed by atoms with van der Waals surface area (Å²) in [5.74, 6) is -0.703. The molecule has 3 aromatic rings. The first-order chi connectivity index (χ1) is 27.5. The number of anilines is 4. The number of imide groups is 1. The number of carbonyl (C=O) groups excluding carboxylic acids is 4. The average molecular weight is 856 g/mol. The predicted octanol–water partition coefficient (Wildman–Crippen LogP) is 5.11. The van der Waals surface area contributed by atoms with Crippen LogP contribution in [-0.4, -0.2) is 100 Å². The Balaban J connectivity index is 0.00000661. The fourth-order valence-corrected chi connectivity index (χ4v) is 7.88. The number of nitrogens with zero attached hydrogens (tertiary/aromatic N) is 6. The van der Waals surface area contributed by atoms with E-state index in [2.05, 4.69) is 37.7 Å². The molecule has 0 spiro atoms. The molecule has 14 nitrogen and oxygen atoms in total. The van der Waals surface area contributed by atoms with Crippen molar-refractivity contribution in [2.45, 2.75) is 70.8 Å². The number of aromatic nitrogens is 1. The van der Waals surface area contributed by atoms with Crippen molar-refractivity contribution in [2.75, 3.05) is 59.8 Å². The quantitative estimate of drug-likeness (QED) is 0.163. The monoisotopic (exact) mass is 855 g/mol. The highest BCUT2D eigenvalue weighted by molar-refractivity contribution is 7.81. The van der Waals surface area contributed by atoms with Crippen molar-refractivity contribution in [3.8, 4) is 11.8 Å². The zero-order valence-corrected chi connectivity index (χ0v) is 34.5. The summed E-state index contributed by atoms with van der Waals surface area (Å²) < 4.78 is 47.4. The number of piperazine rings is 1. The molecular formula is C40H45ClF3N9O5S. The maximum absolute atomic E-state index is 13.7. The van der Waals surface area contributed by atoms with Gasteiger partial charge in [-0.25, -0.2) is 4.98 Å². The van der Waals surface area contributed by atoms with Crippen molar-refractivity contribution in [1.82, 2.24) is 20.1 Å². The van der Waals surface area contributed by atoms with E-state index in [1.807, 2.05) is 13.0 Å². The number of nitriles is 1. The van der Waals surface area contributed by atoms with Crippen LogP contribution in [0.4, 0.5) is 35.9 Å². The first-order valence-corrected chi connectivity index (χ1v) is 19.3. The zero-order chi connectivity index (χ0) is 41.9. The fraction of sp³-hybridized carbons (Fsp3) is 0.425. The molecule has 6 rings (SSSR count). The molecule has 0 saturated carbocycles. The fourth-order valence-electron chi connectivity index (χ4n) is 7.36. The standard InChI is InChI=1S/C40H44F3N9O5S.ClH/c1-5-25-17-28(52-38(58)51(37(56)39(52,3)4)29-19-30(40(41,42)43)32(20-44)45-21-29)9-11-33(25)57-16-15-49-13-14-50(24(2)22-49)23-35(54)47-27-8-6-7-26(18-27)46-31-10-12-34(53)48-36(31)55;/h6-9,11,17-19,21,24,31,46H,5,10,12-16,22-23H2,1-4H3,(H,47,54)(H,48,53,55);1H. The van der Waals surface area contributed by atoms with Crippen LogP contribution in [-0.2, 0) is 31.8 Å². The van der Waals surface area contributed by atoms with E-state index in [1.165, 1.54) is 6.07 Å². The lowest BCUT2D eigenvalue weighted by Crippen LogP contribution is -2.54. The first-order valence-electron chi connectivity index (χ1n) is 18.9. The topological polar surface area (TPSA) is 163 Å². The van der Waals surface area contributed by atoms with Crippen LogP contribution >= 0.6 is 24.6 Å². The molecule has 19 heteroatoms. The van der Waals surface area contributed by atoms with Crippen LogP contribution in [0.15, 0.2) is 54.7 Å². The lowest BCUT2D eigenvalue weighted by Gasteiger charge is -2.39. The van der Waals surface area contributed by atoms with Gasteiger partial charge in [0, 0.05) is 55.7 Å². The molecular weight excluding hydrogens is 811 g/mol. The van der Waals surface area contributed by atoms with Gasteiger partial charge >= 0.3 is 6.18 Å². The van der Waals surface area contributed by atoms with Crippen molar-refractivity contribution in [2.24, 2.45) is 0 Å². The SMILES string of the molecule is CCc1cc(N2C(=S)N(c3cnc(C#N)c(C(F)(F)F)c3)C(=O)C2(C)C)ccc1OCCN1CCN(CC(=O)Nc2cccc(NC3CCC(=O)NC3=O)c2)C(C)C1.Cl. The molecule has 0 radical (unpaired) electrons. The normalized spacial score (nSPS) is 19.8. The molecule has 3 aliphatic rings. The second-order valence-electron chi connectivity index (χ2n) is 14.9. The molecule has 3 saturated heterocycles. The molecule has 2 unspecified atom stereocenters. The Morgan fingerprint density at radius 3 is 2.53 bits per heavy atom. The molecule has 2 atom stereocenters. The minimum absolute atomic E-state index is 0. The number of piperidine rings is 1. The van der Waals surface area contributed by atoms with Gasteiger partial charge in [-0.3, -0.25) is 39.2 Å². The van der Waals surface area contributed by atoms with E-state index in [0.717, 1.165) is 35.8 Å². The Morgan fingerprint density at radius 2 is 1.85 bits per heavy atom. The van der Waals surface area contributed by atoms with Crippen molar-refractivity contribution >= 4 is 76.1 Å². The molecule has 59 heavy (non-hydrogen) atoms. The summed E-state index contributed by atoms with van der Waals surface area (Å²) in [6.07, 6.45) is -2.57. The van der Waals surface area contributed by atoms with Crippen LogP contribution in [0.1, 0.15) is 57.4 Å². The summed E-state index contributed by atoms with van der Waals surface area (Å²) in [5.41, 5.74) is -0.816. The van der Waals surface area contributed by atoms with Crippen molar-refractivity contribution in [1.29, 1.82) is 5.26 Å². The summed E-state index contributed by atoms with van der Waals surface area (Å²) in [6, 6.07) is 14.3. The van der Waals surface area contributed by atoms with Crippen molar-refractivity contribution in [3.05, 3.63) is 71.5 Å². The van der Waals surface area contributed by atoms with Crippen molar-refractivity contribution < 1.29 is 37.1 Å². The number of hydrogen-bond acceptors (Lipinski definition) is 11. The van der Waals surface area contributed by atoms with Gasteiger partial charge in [-0.1, -0.05) is 13.0 Å². The van der Waals surface area contributed by atoms with Gasteiger partial charge in [-0.15, -0.1) is 12.4 Å². The molecule has 4 heterocycles. The number of alkyl halides is 3. The van der Waals surface area contributed by atoms with Gasteiger partial charge in [0.2, 0.25) is 17.7 Å². The highest BCUT2D eigenvalue weighted by Crippen LogP contribution is 2.40. The Bertz CT molecular complexity index is 2170. The van der Waals surface area contributed by atoms with E-state index >= 15 is 0 Å². The summed E-state index contributed by atoms with van der Waals surface area (Å²) in [6.45, 7) is 10.7. The van der Waals surface area contributed by atoms with Crippen LogP contribution in [0, 0.1) is 11.3 Å². The highest BCUT2D eigenvalue weighted by atomic mass is 35.5. The number of hydrogen-bond donors (Lipinski definition) is 3. The number of aryl methyl sites for hydroxylation is 1. The van der Waals surface area contributed by atoms with E-state index in [4.69, 9.17) is 17.0 Å². The second kappa shape index (κ2) is 18.3. The highest BCUT2D eigenvalue weighted by Gasteiger charge is 2.51. The number of rotatable bonds is 12. The molecule has 3 fully saturated rings. The third kappa shape index (κ3) is 9.93. The maximum Gasteiger partial charge on any atom is 0.419 e. The van der Waals surface area contributed by atoms with Gasteiger partial charge in [0.1, 0.15) is 30.0 Å². The largest absolute Gasteiger partial charge is 0.492 e. The predicted molar refractivity (Wildman–Crippen MR) is 222 cm³/mol. The lowest BCUT2D eigenvalue weighted by atomic mass is 10.0. The first kappa shape index (κ1) is 44.7. The number of amides is 4. The number of halogens is 4. The van der Waals surface area contributed by atoms with E-state index in [9.17, 15) is 37.6 Å². The van der Waals surface area contributed by atoms with Gasteiger partial charge in [0.05, 0.1) is 24.0 Å². The molecule has 314 valence electrons. The summed E-state index contributed by atoms with van der Waals surface area (Å²) in [7, 11) is 0. The number of benzene rings is 2. The molecule has 3 N–H and O–H groups in total. The number of carbonyl (C=O) groups is 4. The smallest absolute Gasteiger partial charge is 0.419 e. The summed E-state index contributed by atoms with van der Waals surface area (Å²) >= 11 is 5.68. The second-order valence-corrected chi connectivity index (χ2v) is 15.3. The maximum atomic E-state index is 13.7. The minimum atomic E-state index is -4.86. The van der Waals surface area contributed by atoms with Gasteiger partial charge < -0.3 is 20.3 Å². The Morgan fingerprint density at radius 1 is 1.10 bits per heavy atom. The van der Waals surface area contributed by atoms with Crippen LogP contribution in [0.5, 0.6) is 5.75 Å². The van der Waals surface area contributed by atoms with Crippen molar-refractivity contribution in [3.63, 3.8) is 0 Å². The molecule has 3 aliphatic heterocycles. The number of ether oxygens (including phenoxy) is 1. The molecule has 0 aliphatic carbocycles. The number of thiocarbonyl (C=S) groups is 1. The molecule has 0 bridgehead atoms. The van der Waals surface area contributed by atoms with Crippen LogP contribution in [0.3, 0.4) is 0 Å². The zero-order valence-electron chi connectivity index (χ0n) is 32.9. The number of pyridine rings is 1. The summed E-state index contributed by atoms with van der Waals surface area (Å²) in [5, 5.41) is 17.6.